The topological polar surface area (TPSA) is 69.4 Å². The van der Waals surface area contributed by atoms with Crippen LogP contribution in [0.4, 0.5) is 0 Å². The zero-order chi connectivity index (χ0) is 15.9. The monoisotopic (exact) mass is 316 g/mol. The minimum atomic E-state index is -0.0527. The third kappa shape index (κ3) is 2.42. The standard InChI is InChI=1S/C15H13ClN4O2/c1-8-9(2)19-15-17-7-18-20(15)14(8)22-13-5-4-11(10(3)21)6-12(13)16/h4-7H,1-3H3. The van der Waals surface area contributed by atoms with E-state index < -0.39 is 0 Å². The van der Waals surface area contributed by atoms with Gasteiger partial charge in [-0.3, -0.25) is 4.79 Å². The molecule has 0 fully saturated rings. The van der Waals surface area contributed by atoms with Gasteiger partial charge in [-0.25, -0.2) is 4.98 Å². The van der Waals surface area contributed by atoms with Crippen molar-refractivity contribution in [3.63, 3.8) is 0 Å². The van der Waals surface area contributed by atoms with Crippen molar-refractivity contribution in [1.29, 1.82) is 0 Å². The van der Waals surface area contributed by atoms with E-state index in [1.54, 1.807) is 18.2 Å². The molecule has 0 aliphatic carbocycles. The van der Waals surface area contributed by atoms with Crippen molar-refractivity contribution in [2.75, 3.05) is 0 Å². The van der Waals surface area contributed by atoms with Gasteiger partial charge in [0.05, 0.1) is 5.02 Å². The maximum Gasteiger partial charge on any atom is 0.255 e. The van der Waals surface area contributed by atoms with Crippen LogP contribution in [0.5, 0.6) is 11.6 Å². The summed E-state index contributed by atoms with van der Waals surface area (Å²) in [5.74, 6) is 1.34. The molecule has 2 heterocycles. The lowest BCUT2D eigenvalue weighted by atomic mass is 10.1. The van der Waals surface area contributed by atoms with Crippen molar-refractivity contribution in [3.05, 3.63) is 46.4 Å². The summed E-state index contributed by atoms with van der Waals surface area (Å²) in [4.78, 5) is 19.8. The Kier molecular flexibility index (Phi) is 3.54. The van der Waals surface area contributed by atoms with Crippen molar-refractivity contribution >= 4 is 23.2 Å². The van der Waals surface area contributed by atoms with Crippen molar-refractivity contribution in [1.82, 2.24) is 19.6 Å². The van der Waals surface area contributed by atoms with E-state index in [0.29, 0.717) is 28.0 Å². The van der Waals surface area contributed by atoms with Crippen LogP contribution in [0, 0.1) is 13.8 Å². The van der Waals surface area contributed by atoms with E-state index in [0.717, 1.165) is 11.3 Å². The number of Topliss-reactive ketones (excluding diaryl/α,β-unsaturated/α-hetero) is 1. The Morgan fingerprint density at radius 1 is 1.32 bits per heavy atom. The molecule has 112 valence electrons. The summed E-state index contributed by atoms with van der Waals surface area (Å²) < 4.78 is 7.42. The van der Waals surface area contributed by atoms with Gasteiger partial charge in [-0.1, -0.05) is 11.6 Å². The number of hydrogen-bond donors (Lipinski definition) is 0. The van der Waals surface area contributed by atoms with Gasteiger partial charge >= 0.3 is 0 Å². The molecule has 3 rings (SSSR count). The molecule has 0 N–H and O–H groups in total. The SMILES string of the molecule is CC(=O)c1ccc(Oc2c(C)c(C)nc3ncnn23)c(Cl)c1. The summed E-state index contributed by atoms with van der Waals surface area (Å²) >= 11 is 6.20. The zero-order valence-corrected chi connectivity index (χ0v) is 13.0. The summed E-state index contributed by atoms with van der Waals surface area (Å²) in [5, 5.41) is 4.47. The van der Waals surface area contributed by atoms with E-state index in [-0.39, 0.29) is 5.78 Å². The number of aryl methyl sites for hydroxylation is 1. The summed E-state index contributed by atoms with van der Waals surface area (Å²) in [5.41, 5.74) is 2.17. The Morgan fingerprint density at radius 3 is 2.77 bits per heavy atom. The van der Waals surface area contributed by atoms with E-state index >= 15 is 0 Å². The predicted molar refractivity (Wildman–Crippen MR) is 81.8 cm³/mol. The molecule has 22 heavy (non-hydrogen) atoms. The molecule has 0 aliphatic heterocycles. The average Bonchev–Trinajstić information content (AvgIpc) is 2.93. The Morgan fingerprint density at radius 2 is 2.09 bits per heavy atom. The quantitative estimate of drug-likeness (QED) is 0.693. The van der Waals surface area contributed by atoms with E-state index in [4.69, 9.17) is 16.3 Å². The van der Waals surface area contributed by atoms with Gasteiger partial charge in [0.2, 0.25) is 5.88 Å². The number of ketones is 1. The van der Waals surface area contributed by atoms with Gasteiger partial charge in [-0.2, -0.15) is 14.6 Å². The Balaban J connectivity index is 2.09. The second-order valence-electron chi connectivity index (χ2n) is 4.90. The van der Waals surface area contributed by atoms with Crippen LogP contribution in [0.1, 0.15) is 28.5 Å². The number of rotatable bonds is 3. The smallest absolute Gasteiger partial charge is 0.255 e. The summed E-state index contributed by atoms with van der Waals surface area (Å²) in [6.45, 7) is 5.25. The Hall–Kier alpha value is -2.47. The fourth-order valence-corrected chi connectivity index (χ4v) is 2.25. The van der Waals surface area contributed by atoms with E-state index in [1.807, 2.05) is 13.8 Å². The second-order valence-corrected chi connectivity index (χ2v) is 5.31. The molecule has 0 unspecified atom stereocenters. The maximum atomic E-state index is 11.4. The Bertz CT molecular complexity index is 889. The fraction of sp³-hybridized carbons (Fsp3) is 0.200. The molecule has 0 bridgehead atoms. The van der Waals surface area contributed by atoms with Gasteiger partial charge < -0.3 is 4.74 Å². The third-order valence-corrected chi connectivity index (χ3v) is 3.69. The number of aromatic nitrogens is 4. The lowest BCUT2D eigenvalue weighted by Gasteiger charge is -2.12. The molecule has 0 aliphatic rings. The van der Waals surface area contributed by atoms with Gasteiger partial charge in [0.25, 0.3) is 5.78 Å². The van der Waals surface area contributed by atoms with Gasteiger partial charge in [0.15, 0.2) is 5.78 Å². The normalized spacial score (nSPS) is 10.9. The highest BCUT2D eigenvalue weighted by Crippen LogP contribution is 2.32. The first-order chi connectivity index (χ1) is 10.5. The highest BCUT2D eigenvalue weighted by Gasteiger charge is 2.15. The van der Waals surface area contributed by atoms with Crippen LogP contribution in [-0.2, 0) is 0 Å². The lowest BCUT2D eigenvalue weighted by Crippen LogP contribution is -2.03. The van der Waals surface area contributed by atoms with Crippen LogP contribution in [0.25, 0.3) is 5.78 Å². The highest BCUT2D eigenvalue weighted by atomic mass is 35.5. The number of nitrogens with zero attached hydrogens (tertiary/aromatic N) is 4. The molecule has 6 nitrogen and oxygen atoms in total. The molecule has 3 aromatic rings. The van der Waals surface area contributed by atoms with Crippen LogP contribution in [-0.4, -0.2) is 25.4 Å². The lowest BCUT2D eigenvalue weighted by molar-refractivity contribution is 0.101. The molecule has 0 atom stereocenters. The minimum Gasteiger partial charge on any atom is -0.437 e. The first-order valence-electron chi connectivity index (χ1n) is 6.62. The Labute approximate surface area is 131 Å². The molecule has 0 spiro atoms. The molecule has 0 saturated heterocycles. The molecule has 1 aromatic carbocycles. The van der Waals surface area contributed by atoms with E-state index in [2.05, 4.69) is 15.1 Å². The van der Waals surface area contributed by atoms with Gasteiger partial charge in [-0.15, -0.1) is 0 Å². The number of halogens is 1. The molecule has 0 saturated carbocycles. The number of carbonyl (C=O) groups is 1. The number of carbonyl (C=O) groups excluding carboxylic acids is 1. The zero-order valence-electron chi connectivity index (χ0n) is 12.3. The number of fused-ring (bicyclic) bond motifs is 1. The van der Waals surface area contributed by atoms with Crippen molar-refractivity contribution < 1.29 is 9.53 Å². The minimum absolute atomic E-state index is 0.0527. The first-order valence-corrected chi connectivity index (χ1v) is 7.00. The van der Waals surface area contributed by atoms with Crippen LogP contribution in [0.3, 0.4) is 0 Å². The highest BCUT2D eigenvalue weighted by molar-refractivity contribution is 6.32. The average molecular weight is 317 g/mol. The number of ether oxygens (including phenoxy) is 1. The molecular weight excluding hydrogens is 304 g/mol. The number of hydrogen-bond acceptors (Lipinski definition) is 5. The number of benzene rings is 1. The van der Waals surface area contributed by atoms with Gasteiger partial charge in [0.1, 0.15) is 12.1 Å². The maximum absolute atomic E-state index is 11.4. The van der Waals surface area contributed by atoms with E-state index in [9.17, 15) is 4.79 Å². The van der Waals surface area contributed by atoms with Crippen LogP contribution >= 0.6 is 11.6 Å². The van der Waals surface area contributed by atoms with Crippen molar-refractivity contribution in [3.8, 4) is 11.6 Å². The molecule has 2 aromatic heterocycles. The van der Waals surface area contributed by atoms with Gasteiger partial charge in [-0.05, 0) is 39.0 Å². The van der Waals surface area contributed by atoms with E-state index in [1.165, 1.54) is 17.8 Å². The van der Waals surface area contributed by atoms with Crippen LogP contribution in [0.2, 0.25) is 5.02 Å². The molecular formula is C15H13ClN4O2. The summed E-state index contributed by atoms with van der Waals surface area (Å²) in [7, 11) is 0. The molecule has 0 amide bonds. The second kappa shape index (κ2) is 5.38. The van der Waals surface area contributed by atoms with Crippen LogP contribution < -0.4 is 4.74 Å². The summed E-state index contributed by atoms with van der Waals surface area (Å²) in [6, 6.07) is 4.92. The van der Waals surface area contributed by atoms with Crippen molar-refractivity contribution in [2.24, 2.45) is 0 Å². The largest absolute Gasteiger partial charge is 0.437 e. The molecule has 7 heteroatoms. The fourth-order valence-electron chi connectivity index (χ4n) is 2.03. The predicted octanol–water partition coefficient (Wildman–Crippen LogP) is 3.39. The molecule has 0 radical (unpaired) electrons. The summed E-state index contributed by atoms with van der Waals surface area (Å²) in [6.07, 6.45) is 1.41. The first kappa shape index (κ1) is 14.5. The van der Waals surface area contributed by atoms with Crippen molar-refractivity contribution in [2.45, 2.75) is 20.8 Å². The van der Waals surface area contributed by atoms with Crippen LogP contribution in [0.15, 0.2) is 24.5 Å². The van der Waals surface area contributed by atoms with Gasteiger partial charge in [0, 0.05) is 16.8 Å². The third-order valence-electron chi connectivity index (χ3n) is 3.40.